The fourth-order valence-corrected chi connectivity index (χ4v) is 2.05. The van der Waals surface area contributed by atoms with E-state index in [0.717, 1.165) is 0 Å². The van der Waals surface area contributed by atoms with E-state index in [9.17, 15) is 9.59 Å². The molecule has 2 aromatic rings. The number of rotatable bonds is 0. The van der Waals surface area contributed by atoms with Gasteiger partial charge in [-0.2, -0.15) is 0 Å². The number of aliphatic hydroxyl groups excluding tert-OH is 1. The summed E-state index contributed by atoms with van der Waals surface area (Å²) < 4.78 is 0. The third kappa shape index (κ3) is 2.33. The fraction of sp³-hybridized carbons (Fsp3) is 0.125. The molecule has 3 nitrogen and oxygen atoms in total. The summed E-state index contributed by atoms with van der Waals surface area (Å²) in [7, 11) is 0. The highest BCUT2D eigenvalue weighted by Gasteiger charge is 2.28. The van der Waals surface area contributed by atoms with Gasteiger partial charge < -0.3 is 5.11 Å². The van der Waals surface area contributed by atoms with Gasteiger partial charge in [-0.15, -0.1) is 0 Å². The highest BCUT2D eigenvalue weighted by Crippen LogP contribution is 2.26. The molecule has 0 bridgehead atoms. The summed E-state index contributed by atoms with van der Waals surface area (Å²) in [6.07, 6.45) is 0. The zero-order valence-corrected chi connectivity index (χ0v) is 10.6. The van der Waals surface area contributed by atoms with Crippen molar-refractivity contribution in [2.75, 3.05) is 6.61 Å². The molecule has 0 radical (unpaired) electrons. The molecule has 0 heterocycles. The minimum absolute atomic E-state index is 0.0641. The van der Waals surface area contributed by atoms with E-state index in [-0.39, 0.29) is 18.2 Å². The standard InChI is InChI=1S/C14H8O2.C2H6O/c15-13-9-5-1-2-6-10(9)14(16)12-8-4-3-7-11(12)13;1-2-3/h1-8H;3H,2H2,1H3. The van der Waals surface area contributed by atoms with Gasteiger partial charge in [0.25, 0.3) is 0 Å². The Hall–Kier alpha value is -2.26. The largest absolute Gasteiger partial charge is 0.397 e. The first kappa shape index (κ1) is 13.2. The maximum Gasteiger partial charge on any atom is 0.194 e. The van der Waals surface area contributed by atoms with Gasteiger partial charge in [0.05, 0.1) is 0 Å². The third-order valence-electron chi connectivity index (χ3n) is 2.83. The van der Waals surface area contributed by atoms with Gasteiger partial charge >= 0.3 is 0 Å². The molecule has 0 saturated heterocycles. The molecule has 0 spiro atoms. The van der Waals surface area contributed by atoms with Crippen molar-refractivity contribution in [1.82, 2.24) is 0 Å². The number of aliphatic hydroxyl groups is 1. The minimum Gasteiger partial charge on any atom is -0.397 e. The van der Waals surface area contributed by atoms with Crippen molar-refractivity contribution in [2.45, 2.75) is 6.92 Å². The van der Waals surface area contributed by atoms with Gasteiger partial charge in [0.1, 0.15) is 0 Å². The average molecular weight is 254 g/mol. The molecule has 2 aromatic carbocycles. The minimum atomic E-state index is -0.0641. The van der Waals surface area contributed by atoms with E-state index in [2.05, 4.69) is 0 Å². The summed E-state index contributed by atoms with van der Waals surface area (Å²) >= 11 is 0. The summed E-state index contributed by atoms with van der Waals surface area (Å²) in [6, 6.07) is 13.9. The van der Waals surface area contributed by atoms with Crippen molar-refractivity contribution in [3.63, 3.8) is 0 Å². The van der Waals surface area contributed by atoms with Crippen LogP contribution >= 0.6 is 0 Å². The predicted octanol–water partition coefficient (Wildman–Crippen LogP) is 2.46. The second-order valence-electron chi connectivity index (χ2n) is 4.07. The SMILES string of the molecule is CCO.O=C1c2ccccc2C(=O)c2ccccc21. The summed E-state index contributed by atoms with van der Waals surface area (Å²) in [5.74, 6) is -0.128. The van der Waals surface area contributed by atoms with Gasteiger partial charge in [-0.25, -0.2) is 0 Å². The van der Waals surface area contributed by atoms with Crippen molar-refractivity contribution in [2.24, 2.45) is 0 Å². The molecule has 96 valence electrons. The molecule has 0 aromatic heterocycles. The number of benzene rings is 2. The zero-order chi connectivity index (χ0) is 13.8. The van der Waals surface area contributed by atoms with E-state index < -0.39 is 0 Å². The van der Waals surface area contributed by atoms with Crippen molar-refractivity contribution in [3.05, 3.63) is 70.8 Å². The van der Waals surface area contributed by atoms with E-state index in [0.29, 0.717) is 22.3 Å². The number of hydrogen-bond donors (Lipinski definition) is 1. The van der Waals surface area contributed by atoms with Gasteiger partial charge in [0.2, 0.25) is 0 Å². The number of hydrogen-bond acceptors (Lipinski definition) is 3. The van der Waals surface area contributed by atoms with Crippen LogP contribution in [0.3, 0.4) is 0 Å². The molecular weight excluding hydrogens is 240 g/mol. The zero-order valence-electron chi connectivity index (χ0n) is 10.6. The molecule has 0 aliphatic heterocycles. The Morgan fingerprint density at radius 1 is 0.737 bits per heavy atom. The lowest BCUT2D eigenvalue weighted by Gasteiger charge is -2.16. The first-order valence-corrected chi connectivity index (χ1v) is 6.09. The molecule has 1 N–H and O–H groups in total. The van der Waals surface area contributed by atoms with E-state index in [1.807, 2.05) is 0 Å². The van der Waals surface area contributed by atoms with Crippen LogP contribution in [0, 0.1) is 0 Å². The topological polar surface area (TPSA) is 54.4 Å². The molecule has 19 heavy (non-hydrogen) atoms. The van der Waals surface area contributed by atoms with E-state index in [4.69, 9.17) is 5.11 Å². The normalized spacial score (nSPS) is 12.1. The number of fused-ring (bicyclic) bond motifs is 2. The lowest BCUT2D eigenvalue weighted by atomic mass is 9.84. The van der Waals surface area contributed by atoms with Crippen LogP contribution in [0.25, 0.3) is 0 Å². The van der Waals surface area contributed by atoms with Gasteiger partial charge in [-0.05, 0) is 6.92 Å². The van der Waals surface area contributed by atoms with Crippen LogP contribution in [0.1, 0.15) is 38.8 Å². The van der Waals surface area contributed by atoms with E-state index in [1.165, 1.54) is 0 Å². The molecule has 0 unspecified atom stereocenters. The molecule has 0 amide bonds. The van der Waals surface area contributed by atoms with Crippen molar-refractivity contribution in [1.29, 1.82) is 0 Å². The molecule has 0 saturated carbocycles. The predicted molar refractivity (Wildman–Crippen MR) is 72.5 cm³/mol. The lowest BCUT2D eigenvalue weighted by molar-refractivity contribution is 0.0979. The number of carbonyl (C=O) groups excluding carboxylic acids is 2. The molecule has 3 heteroatoms. The lowest BCUT2D eigenvalue weighted by Crippen LogP contribution is -2.20. The quantitative estimate of drug-likeness (QED) is 0.670. The van der Waals surface area contributed by atoms with Crippen molar-refractivity contribution < 1.29 is 14.7 Å². The van der Waals surface area contributed by atoms with Crippen LogP contribution in [-0.2, 0) is 0 Å². The average Bonchev–Trinajstić information content (AvgIpc) is 2.46. The molecule has 0 fully saturated rings. The van der Waals surface area contributed by atoms with Crippen LogP contribution in [-0.4, -0.2) is 23.3 Å². The monoisotopic (exact) mass is 254 g/mol. The number of ketones is 2. The van der Waals surface area contributed by atoms with Crippen LogP contribution in [0.2, 0.25) is 0 Å². The highest BCUT2D eigenvalue weighted by atomic mass is 16.2. The Balaban J connectivity index is 0.000000408. The Bertz CT molecular complexity index is 524. The highest BCUT2D eigenvalue weighted by molar-refractivity contribution is 6.28. The molecule has 0 atom stereocenters. The molecular formula is C16H14O3. The van der Waals surface area contributed by atoms with Crippen LogP contribution in [0.15, 0.2) is 48.5 Å². The van der Waals surface area contributed by atoms with Crippen LogP contribution in [0.4, 0.5) is 0 Å². The Morgan fingerprint density at radius 2 is 0.947 bits per heavy atom. The summed E-state index contributed by atoms with van der Waals surface area (Å²) in [5, 5.41) is 7.57. The summed E-state index contributed by atoms with van der Waals surface area (Å²) in [5.41, 5.74) is 2.02. The molecule has 3 rings (SSSR count). The van der Waals surface area contributed by atoms with Crippen LogP contribution in [0.5, 0.6) is 0 Å². The smallest absolute Gasteiger partial charge is 0.194 e. The van der Waals surface area contributed by atoms with Gasteiger partial charge in [0, 0.05) is 28.9 Å². The van der Waals surface area contributed by atoms with E-state index >= 15 is 0 Å². The first-order valence-electron chi connectivity index (χ1n) is 6.09. The first-order chi connectivity index (χ1) is 9.20. The van der Waals surface area contributed by atoms with Gasteiger partial charge in [-0.1, -0.05) is 48.5 Å². The molecule has 1 aliphatic rings. The maximum absolute atomic E-state index is 12.1. The Morgan fingerprint density at radius 3 is 1.16 bits per heavy atom. The summed E-state index contributed by atoms with van der Waals surface area (Å²) in [4.78, 5) is 24.2. The maximum atomic E-state index is 12.1. The van der Waals surface area contributed by atoms with Crippen molar-refractivity contribution in [3.8, 4) is 0 Å². The molecule has 1 aliphatic carbocycles. The van der Waals surface area contributed by atoms with Crippen molar-refractivity contribution >= 4 is 11.6 Å². The summed E-state index contributed by atoms with van der Waals surface area (Å²) in [6.45, 7) is 1.93. The Labute approximate surface area is 111 Å². The second kappa shape index (κ2) is 5.59. The third-order valence-corrected chi connectivity index (χ3v) is 2.83. The second-order valence-corrected chi connectivity index (χ2v) is 4.07. The van der Waals surface area contributed by atoms with Gasteiger partial charge in [0.15, 0.2) is 11.6 Å². The Kier molecular flexibility index (Phi) is 3.88. The number of carbonyl (C=O) groups is 2. The van der Waals surface area contributed by atoms with E-state index in [1.54, 1.807) is 55.5 Å². The fourth-order valence-electron chi connectivity index (χ4n) is 2.05. The van der Waals surface area contributed by atoms with Gasteiger partial charge in [-0.3, -0.25) is 9.59 Å². The van der Waals surface area contributed by atoms with Crippen LogP contribution < -0.4 is 0 Å².